The van der Waals surface area contributed by atoms with E-state index in [1.807, 2.05) is 30.0 Å². The summed E-state index contributed by atoms with van der Waals surface area (Å²) in [5.41, 5.74) is 7.48. The molecule has 0 aliphatic carbocycles. The van der Waals surface area contributed by atoms with Crippen LogP contribution in [0.3, 0.4) is 0 Å². The number of thiazole rings is 1. The van der Waals surface area contributed by atoms with Crippen molar-refractivity contribution in [2.24, 2.45) is 0 Å². The Morgan fingerprint density at radius 1 is 1.35 bits per heavy atom. The summed E-state index contributed by atoms with van der Waals surface area (Å²) >= 11 is 3.55. The predicted molar refractivity (Wildman–Crippen MR) is 87.5 cm³/mol. The van der Waals surface area contributed by atoms with Gasteiger partial charge in [-0.05, 0) is 52.3 Å². The summed E-state index contributed by atoms with van der Waals surface area (Å²) < 4.78 is 8.41. The van der Waals surface area contributed by atoms with E-state index < -0.39 is 0 Å². The Morgan fingerprint density at radius 3 is 2.75 bits per heavy atom. The molecule has 1 unspecified atom stereocenters. The summed E-state index contributed by atoms with van der Waals surface area (Å²) in [5, 5.41) is 0.426. The van der Waals surface area contributed by atoms with Crippen LogP contribution in [0.2, 0.25) is 0 Å². The molecule has 1 aliphatic heterocycles. The molecule has 1 fully saturated rings. The summed E-state index contributed by atoms with van der Waals surface area (Å²) in [6.45, 7) is 8.66. The maximum Gasteiger partial charge on any atom is 0.151 e. The number of thioether (sulfide) groups is 1. The van der Waals surface area contributed by atoms with Gasteiger partial charge in [0.15, 0.2) is 4.34 Å². The van der Waals surface area contributed by atoms with Gasteiger partial charge in [0.25, 0.3) is 0 Å². The maximum absolute atomic E-state index is 6.15. The molecule has 1 saturated heterocycles. The van der Waals surface area contributed by atoms with Crippen molar-refractivity contribution < 1.29 is 4.74 Å². The highest BCUT2D eigenvalue weighted by Gasteiger charge is 2.46. The molecular formula is C15H20N2OS2. The number of nitrogen functional groups attached to an aromatic ring is 1. The summed E-state index contributed by atoms with van der Waals surface area (Å²) in [5.74, 6) is 0. The van der Waals surface area contributed by atoms with Crippen molar-refractivity contribution in [3.8, 4) is 0 Å². The largest absolute Gasteiger partial charge is 0.399 e. The van der Waals surface area contributed by atoms with Gasteiger partial charge in [-0.15, -0.1) is 11.3 Å². The second-order valence-corrected chi connectivity index (χ2v) is 8.96. The molecule has 1 aliphatic rings. The van der Waals surface area contributed by atoms with Gasteiger partial charge in [0, 0.05) is 10.9 Å². The number of ether oxygens (including phenoxy) is 1. The normalized spacial score (nSPS) is 24.3. The zero-order valence-corrected chi connectivity index (χ0v) is 13.9. The zero-order valence-electron chi connectivity index (χ0n) is 12.3. The van der Waals surface area contributed by atoms with Crippen molar-refractivity contribution in [2.45, 2.75) is 54.9 Å². The number of rotatable bonds is 2. The summed E-state index contributed by atoms with van der Waals surface area (Å²) in [6.07, 6.45) is 1.04. The van der Waals surface area contributed by atoms with E-state index in [1.165, 1.54) is 0 Å². The number of nitrogens with two attached hydrogens (primary N) is 1. The van der Waals surface area contributed by atoms with Crippen LogP contribution in [0.1, 0.15) is 34.1 Å². The average molecular weight is 308 g/mol. The Morgan fingerprint density at radius 2 is 2.10 bits per heavy atom. The SMILES string of the molecule is CC1(C)CC(Sc2nc3ccc(N)cc3s2)C(C)(C)O1. The van der Waals surface area contributed by atoms with Gasteiger partial charge in [-0.2, -0.15) is 0 Å². The Labute approximate surface area is 127 Å². The minimum absolute atomic E-state index is 0.0533. The first-order chi connectivity index (χ1) is 9.25. The van der Waals surface area contributed by atoms with Crippen molar-refractivity contribution >= 4 is 39.0 Å². The van der Waals surface area contributed by atoms with E-state index in [2.05, 4.69) is 27.7 Å². The molecule has 0 bridgehead atoms. The molecule has 3 rings (SSSR count). The lowest BCUT2D eigenvalue weighted by atomic mass is 10.0. The van der Waals surface area contributed by atoms with E-state index in [-0.39, 0.29) is 11.2 Å². The van der Waals surface area contributed by atoms with E-state index in [9.17, 15) is 0 Å². The highest BCUT2D eigenvalue weighted by molar-refractivity contribution is 8.01. The lowest BCUT2D eigenvalue weighted by Crippen LogP contribution is -2.30. The molecule has 1 aromatic heterocycles. The van der Waals surface area contributed by atoms with Crippen molar-refractivity contribution in [2.75, 3.05) is 5.73 Å². The standard InChI is InChI=1S/C15H20N2OS2/c1-14(2)8-12(15(3,4)18-14)20-13-17-10-6-5-9(16)7-11(10)19-13/h5-7,12H,8,16H2,1-4H3. The summed E-state index contributed by atoms with van der Waals surface area (Å²) in [6, 6.07) is 5.89. The van der Waals surface area contributed by atoms with Crippen molar-refractivity contribution in [1.29, 1.82) is 0 Å². The lowest BCUT2D eigenvalue weighted by molar-refractivity contribution is -0.0631. The van der Waals surface area contributed by atoms with E-state index in [4.69, 9.17) is 15.5 Å². The van der Waals surface area contributed by atoms with E-state index in [0.29, 0.717) is 5.25 Å². The fourth-order valence-corrected chi connectivity index (χ4v) is 5.55. The molecular weight excluding hydrogens is 288 g/mol. The van der Waals surface area contributed by atoms with Gasteiger partial charge in [-0.25, -0.2) is 4.98 Å². The first-order valence-corrected chi connectivity index (χ1v) is 8.48. The van der Waals surface area contributed by atoms with Gasteiger partial charge in [0.05, 0.1) is 21.4 Å². The van der Waals surface area contributed by atoms with Crippen LogP contribution in [-0.4, -0.2) is 21.4 Å². The van der Waals surface area contributed by atoms with Gasteiger partial charge in [-0.1, -0.05) is 11.8 Å². The minimum Gasteiger partial charge on any atom is -0.399 e. The van der Waals surface area contributed by atoms with Gasteiger partial charge in [0.1, 0.15) is 0 Å². The average Bonchev–Trinajstić information content (AvgIpc) is 2.76. The molecule has 5 heteroatoms. The number of hydrogen-bond donors (Lipinski definition) is 1. The first kappa shape index (κ1) is 14.2. The Hall–Kier alpha value is -0.780. The number of benzene rings is 1. The number of aromatic nitrogens is 1. The van der Waals surface area contributed by atoms with Crippen LogP contribution in [-0.2, 0) is 4.74 Å². The Kier molecular flexibility index (Phi) is 3.27. The molecule has 2 heterocycles. The fourth-order valence-electron chi connectivity index (χ4n) is 2.79. The van der Waals surface area contributed by atoms with Crippen LogP contribution in [0.5, 0.6) is 0 Å². The zero-order chi connectivity index (χ0) is 14.5. The quantitative estimate of drug-likeness (QED) is 0.840. The maximum atomic E-state index is 6.15. The Bertz CT molecular complexity index is 648. The van der Waals surface area contributed by atoms with Gasteiger partial charge in [-0.3, -0.25) is 0 Å². The Balaban J connectivity index is 1.86. The van der Waals surface area contributed by atoms with Crippen LogP contribution >= 0.6 is 23.1 Å². The second kappa shape index (κ2) is 4.61. The lowest BCUT2D eigenvalue weighted by Gasteiger charge is -2.26. The van der Waals surface area contributed by atoms with Crippen LogP contribution in [0.25, 0.3) is 10.2 Å². The fraction of sp³-hybridized carbons (Fsp3) is 0.533. The summed E-state index contributed by atoms with van der Waals surface area (Å²) in [4.78, 5) is 4.70. The summed E-state index contributed by atoms with van der Waals surface area (Å²) in [7, 11) is 0. The highest BCUT2D eigenvalue weighted by Crippen LogP contribution is 2.47. The molecule has 108 valence electrons. The van der Waals surface area contributed by atoms with E-state index >= 15 is 0 Å². The topological polar surface area (TPSA) is 48.1 Å². The molecule has 0 spiro atoms. The molecule has 1 aromatic carbocycles. The third-order valence-corrected chi connectivity index (χ3v) is 6.29. The monoisotopic (exact) mass is 308 g/mol. The van der Waals surface area contributed by atoms with Crippen molar-refractivity contribution in [3.05, 3.63) is 18.2 Å². The van der Waals surface area contributed by atoms with Crippen molar-refractivity contribution in [3.63, 3.8) is 0 Å². The van der Waals surface area contributed by atoms with Gasteiger partial charge in [0.2, 0.25) is 0 Å². The smallest absolute Gasteiger partial charge is 0.151 e. The van der Waals surface area contributed by atoms with Gasteiger partial charge >= 0.3 is 0 Å². The van der Waals surface area contributed by atoms with Crippen LogP contribution in [0.15, 0.2) is 22.5 Å². The van der Waals surface area contributed by atoms with Crippen molar-refractivity contribution in [1.82, 2.24) is 4.98 Å². The first-order valence-electron chi connectivity index (χ1n) is 6.78. The molecule has 3 nitrogen and oxygen atoms in total. The molecule has 2 N–H and O–H groups in total. The van der Waals surface area contributed by atoms with Crippen LogP contribution < -0.4 is 5.73 Å². The molecule has 1 atom stereocenters. The van der Waals surface area contributed by atoms with Crippen LogP contribution in [0, 0.1) is 0 Å². The number of fused-ring (bicyclic) bond motifs is 1. The molecule has 0 saturated carbocycles. The predicted octanol–water partition coefficient (Wildman–Crippen LogP) is 4.32. The minimum atomic E-state index is -0.120. The molecule has 0 radical (unpaired) electrons. The number of nitrogens with zero attached hydrogens (tertiary/aromatic N) is 1. The van der Waals surface area contributed by atoms with Gasteiger partial charge < -0.3 is 10.5 Å². The van der Waals surface area contributed by atoms with E-state index in [0.717, 1.165) is 26.7 Å². The number of hydrogen-bond acceptors (Lipinski definition) is 5. The molecule has 0 amide bonds. The third kappa shape index (κ3) is 2.67. The molecule has 20 heavy (non-hydrogen) atoms. The van der Waals surface area contributed by atoms with E-state index in [1.54, 1.807) is 11.3 Å². The van der Waals surface area contributed by atoms with Crippen LogP contribution in [0.4, 0.5) is 5.69 Å². The molecule has 2 aromatic rings. The number of anilines is 1. The third-order valence-electron chi connectivity index (χ3n) is 3.63. The second-order valence-electron chi connectivity index (χ2n) is 6.48. The highest BCUT2D eigenvalue weighted by atomic mass is 32.2.